The van der Waals surface area contributed by atoms with Crippen LogP contribution in [0.2, 0.25) is 0 Å². The Kier molecular flexibility index (Phi) is 3.99. The van der Waals surface area contributed by atoms with E-state index in [1.54, 1.807) is 0 Å². The van der Waals surface area contributed by atoms with Crippen LogP contribution in [0.5, 0.6) is 0 Å². The number of carbonyl (C=O) groups is 2. The molecule has 3 aliphatic rings. The topological polar surface area (TPSA) is 58.4 Å². The minimum absolute atomic E-state index is 0.0171. The van der Waals surface area contributed by atoms with E-state index >= 15 is 0 Å². The van der Waals surface area contributed by atoms with Gasteiger partial charge in [-0.3, -0.25) is 9.59 Å². The molecule has 1 aromatic carbocycles. The van der Waals surface area contributed by atoms with Gasteiger partial charge in [0.15, 0.2) is 11.5 Å². The van der Waals surface area contributed by atoms with Crippen LogP contribution < -0.4 is 4.90 Å². The zero-order chi connectivity index (χ0) is 18.4. The molecule has 6 nitrogen and oxygen atoms in total. The average Bonchev–Trinajstić information content (AvgIpc) is 3.45. The van der Waals surface area contributed by atoms with Crippen molar-refractivity contribution in [2.75, 3.05) is 24.5 Å². The minimum atomic E-state index is -0.0638. The summed E-state index contributed by atoms with van der Waals surface area (Å²) in [6.45, 7) is 3.05. The van der Waals surface area contributed by atoms with E-state index in [1.165, 1.54) is 5.56 Å². The fourth-order valence-corrected chi connectivity index (χ4v) is 4.62. The van der Waals surface area contributed by atoms with Crippen molar-refractivity contribution in [1.82, 2.24) is 14.5 Å². The Balaban J connectivity index is 1.53. The number of nitrogens with zero attached hydrogens (tertiary/aromatic N) is 4. The van der Waals surface area contributed by atoms with E-state index in [-0.39, 0.29) is 11.8 Å². The van der Waals surface area contributed by atoms with Gasteiger partial charge in [-0.1, -0.05) is 18.2 Å². The van der Waals surface area contributed by atoms with Crippen LogP contribution in [-0.2, 0) is 19.4 Å². The highest BCUT2D eigenvalue weighted by molar-refractivity contribution is 6.07. The molecule has 6 heteroatoms. The predicted octanol–water partition coefficient (Wildman–Crippen LogP) is 2.66. The predicted molar refractivity (Wildman–Crippen MR) is 102 cm³/mol. The molecule has 0 spiro atoms. The van der Waals surface area contributed by atoms with E-state index in [0.717, 1.165) is 69.5 Å². The summed E-state index contributed by atoms with van der Waals surface area (Å²) in [5.41, 5.74) is 3.60. The zero-order valence-electron chi connectivity index (χ0n) is 15.5. The van der Waals surface area contributed by atoms with Gasteiger partial charge in [-0.2, -0.15) is 0 Å². The number of carbonyl (C=O) groups excluding carboxylic acids is 2. The molecule has 4 heterocycles. The number of imidazole rings is 1. The SMILES string of the molecule is O=C(c1nc(C(=O)N2CCc3ccccc32)c2n1CCCC2)N1CCCC1. The Hall–Kier alpha value is -2.63. The number of anilines is 1. The fraction of sp³-hybridized carbons (Fsp3) is 0.476. The molecule has 1 fully saturated rings. The molecule has 3 aliphatic heterocycles. The number of benzene rings is 1. The van der Waals surface area contributed by atoms with Crippen molar-refractivity contribution < 1.29 is 9.59 Å². The largest absolute Gasteiger partial charge is 0.336 e. The first-order chi connectivity index (χ1) is 13.2. The number of aromatic nitrogens is 2. The molecule has 5 rings (SSSR count). The van der Waals surface area contributed by atoms with Gasteiger partial charge < -0.3 is 14.4 Å². The normalized spacial score (nSPS) is 18.5. The Morgan fingerprint density at radius 3 is 2.48 bits per heavy atom. The maximum Gasteiger partial charge on any atom is 0.289 e. The number of likely N-dealkylation sites (tertiary alicyclic amines) is 1. The second-order valence-corrected chi connectivity index (χ2v) is 7.67. The lowest BCUT2D eigenvalue weighted by molar-refractivity contribution is 0.0774. The van der Waals surface area contributed by atoms with Gasteiger partial charge >= 0.3 is 0 Å². The summed E-state index contributed by atoms with van der Waals surface area (Å²) in [7, 11) is 0. The van der Waals surface area contributed by atoms with Crippen molar-refractivity contribution in [3.8, 4) is 0 Å². The highest BCUT2D eigenvalue weighted by atomic mass is 16.2. The lowest BCUT2D eigenvalue weighted by Crippen LogP contribution is -2.31. The van der Waals surface area contributed by atoms with Gasteiger partial charge in [0.1, 0.15) is 0 Å². The standard InChI is InChI=1S/C21H24N4O2/c26-20(25-14-10-15-7-1-2-8-16(15)25)18-17-9-3-4-13-24(17)19(22-18)21(27)23-11-5-6-12-23/h1-2,7-8H,3-6,9-14H2. The molecular weight excluding hydrogens is 340 g/mol. The van der Waals surface area contributed by atoms with Gasteiger partial charge in [-0.15, -0.1) is 0 Å². The molecule has 0 unspecified atom stereocenters. The molecule has 2 aromatic rings. The molecule has 1 saturated heterocycles. The minimum Gasteiger partial charge on any atom is -0.336 e. The lowest BCUT2D eigenvalue weighted by Gasteiger charge is -2.20. The van der Waals surface area contributed by atoms with Crippen molar-refractivity contribution in [2.24, 2.45) is 0 Å². The first-order valence-electron chi connectivity index (χ1n) is 10.0. The van der Waals surface area contributed by atoms with Crippen LogP contribution in [0.4, 0.5) is 5.69 Å². The van der Waals surface area contributed by atoms with E-state index in [2.05, 4.69) is 11.1 Å². The van der Waals surface area contributed by atoms with Crippen molar-refractivity contribution in [3.05, 3.63) is 47.0 Å². The number of amides is 2. The van der Waals surface area contributed by atoms with Crippen LogP contribution in [0, 0.1) is 0 Å². The van der Waals surface area contributed by atoms with Crippen molar-refractivity contribution in [1.29, 1.82) is 0 Å². The number of rotatable bonds is 2. The van der Waals surface area contributed by atoms with Crippen LogP contribution >= 0.6 is 0 Å². The van der Waals surface area contributed by atoms with Crippen molar-refractivity contribution >= 4 is 17.5 Å². The summed E-state index contributed by atoms with van der Waals surface area (Å²) in [6.07, 6.45) is 5.86. The third kappa shape index (κ3) is 2.66. The number of hydrogen-bond acceptors (Lipinski definition) is 3. The van der Waals surface area contributed by atoms with Crippen LogP contribution in [0.25, 0.3) is 0 Å². The van der Waals surface area contributed by atoms with Crippen molar-refractivity contribution in [2.45, 2.75) is 45.1 Å². The summed E-state index contributed by atoms with van der Waals surface area (Å²) in [4.78, 5) is 34.7. The van der Waals surface area contributed by atoms with Crippen LogP contribution in [0.3, 0.4) is 0 Å². The maximum absolute atomic E-state index is 13.4. The van der Waals surface area contributed by atoms with Gasteiger partial charge in [0.05, 0.1) is 5.69 Å². The average molecular weight is 364 g/mol. The summed E-state index contributed by atoms with van der Waals surface area (Å²) in [5, 5.41) is 0. The molecule has 140 valence electrons. The third-order valence-corrected chi connectivity index (χ3v) is 6.04. The highest BCUT2D eigenvalue weighted by Crippen LogP contribution is 2.31. The summed E-state index contributed by atoms with van der Waals surface area (Å²) >= 11 is 0. The Morgan fingerprint density at radius 1 is 0.852 bits per heavy atom. The zero-order valence-corrected chi connectivity index (χ0v) is 15.5. The second kappa shape index (κ2) is 6.51. The second-order valence-electron chi connectivity index (χ2n) is 7.67. The summed E-state index contributed by atoms with van der Waals surface area (Å²) in [6, 6.07) is 8.06. The first-order valence-corrected chi connectivity index (χ1v) is 10.0. The maximum atomic E-state index is 13.4. The fourth-order valence-electron chi connectivity index (χ4n) is 4.62. The monoisotopic (exact) mass is 364 g/mol. The van der Waals surface area contributed by atoms with Gasteiger partial charge in [0.25, 0.3) is 11.8 Å². The van der Waals surface area contributed by atoms with Gasteiger partial charge in [0, 0.05) is 31.9 Å². The molecule has 0 N–H and O–H groups in total. The molecule has 0 atom stereocenters. The number of para-hydroxylation sites is 1. The Bertz CT molecular complexity index is 911. The summed E-state index contributed by atoms with van der Waals surface area (Å²) < 4.78 is 2.01. The molecule has 1 aromatic heterocycles. The van der Waals surface area contributed by atoms with Gasteiger partial charge in [0.2, 0.25) is 0 Å². The van der Waals surface area contributed by atoms with Gasteiger partial charge in [-0.25, -0.2) is 4.98 Å². The smallest absolute Gasteiger partial charge is 0.289 e. The quantitative estimate of drug-likeness (QED) is 0.823. The summed E-state index contributed by atoms with van der Waals surface area (Å²) in [5.74, 6) is 0.380. The Labute approximate surface area is 158 Å². The van der Waals surface area contributed by atoms with Crippen LogP contribution in [0.15, 0.2) is 24.3 Å². The molecule has 2 amide bonds. The van der Waals surface area contributed by atoms with E-state index in [9.17, 15) is 9.59 Å². The van der Waals surface area contributed by atoms with E-state index < -0.39 is 0 Å². The molecule has 27 heavy (non-hydrogen) atoms. The number of fused-ring (bicyclic) bond motifs is 2. The third-order valence-electron chi connectivity index (χ3n) is 6.04. The first kappa shape index (κ1) is 16.5. The Morgan fingerprint density at radius 2 is 1.63 bits per heavy atom. The van der Waals surface area contributed by atoms with E-state index in [4.69, 9.17) is 0 Å². The highest BCUT2D eigenvalue weighted by Gasteiger charge is 2.34. The molecule has 0 radical (unpaired) electrons. The molecular formula is C21H24N4O2. The van der Waals surface area contributed by atoms with Crippen LogP contribution in [-0.4, -0.2) is 45.9 Å². The van der Waals surface area contributed by atoms with E-state index in [0.29, 0.717) is 18.1 Å². The van der Waals surface area contributed by atoms with Crippen molar-refractivity contribution in [3.63, 3.8) is 0 Å². The van der Waals surface area contributed by atoms with Crippen LogP contribution in [0.1, 0.15) is 58.0 Å². The molecule has 0 aliphatic carbocycles. The van der Waals surface area contributed by atoms with Gasteiger partial charge in [-0.05, 0) is 50.2 Å². The number of hydrogen-bond donors (Lipinski definition) is 0. The molecule has 0 saturated carbocycles. The molecule has 0 bridgehead atoms. The lowest BCUT2D eigenvalue weighted by atomic mass is 10.1. The van der Waals surface area contributed by atoms with E-state index in [1.807, 2.05) is 32.6 Å².